The van der Waals surface area contributed by atoms with Gasteiger partial charge in [-0.25, -0.2) is 0 Å². The number of nitrogens with zero attached hydrogens (tertiary/aromatic N) is 1. The SMILES string of the molecule is Cc1ccc(Cl)cc1/C(N)=N/O. The fourth-order valence-electron chi connectivity index (χ4n) is 0.924. The molecule has 0 aromatic heterocycles. The topological polar surface area (TPSA) is 58.6 Å². The van der Waals surface area contributed by atoms with E-state index in [1.807, 2.05) is 13.0 Å². The van der Waals surface area contributed by atoms with Gasteiger partial charge in [0.25, 0.3) is 0 Å². The van der Waals surface area contributed by atoms with Crippen molar-refractivity contribution in [2.24, 2.45) is 10.9 Å². The van der Waals surface area contributed by atoms with Gasteiger partial charge in [0.1, 0.15) is 0 Å². The van der Waals surface area contributed by atoms with Crippen LogP contribution in [0.4, 0.5) is 0 Å². The Hall–Kier alpha value is -1.22. The summed E-state index contributed by atoms with van der Waals surface area (Å²) < 4.78 is 0. The highest BCUT2D eigenvalue weighted by atomic mass is 35.5. The van der Waals surface area contributed by atoms with E-state index in [0.29, 0.717) is 10.6 Å². The molecule has 3 N–H and O–H groups in total. The molecule has 0 radical (unpaired) electrons. The number of aryl methyl sites for hydroxylation is 1. The Kier molecular flexibility index (Phi) is 2.55. The van der Waals surface area contributed by atoms with Gasteiger partial charge in [0, 0.05) is 10.6 Å². The maximum atomic E-state index is 8.42. The third-order valence-corrected chi connectivity index (χ3v) is 1.82. The van der Waals surface area contributed by atoms with E-state index in [1.54, 1.807) is 12.1 Å². The summed E-state index contributed by atoms with van der Waals surface area (Å²) in [5.74, 6) is 0.0787. The summed E-state index contributed by atoms with van der Waals surface area (Å²) in [6, 6.07) is 5.23. The molecule has 0 amide bonds. The third kappa shape index (κ3) is 1.68. The molecule has 1 aromatic rings. The number of hydrogen-bond donors (Lipinski definition) is 2. The van der Waals surface area contributed by atoms with Gasteiger partial charge in [-0.3, -0.25) is 0 Å². The third-order valence-electron chi connectivity index (χ3n) is 1.58. The monoisotopic (exact) mass is 184 g/mol. The predicted octanol–water partition coefficient (Wildman–Crippen LogP) is 1.74. The summed E-state index contributed by atoms with van der Waals surface area (Å²) in [5, 5.41) is 11.9. The molecule has 0 heterocycles. The van der Waals surface area contributed by atoms with E-state index in [-0.39, 0.29) is 5.84 Å². The molecule has 0 aliphatic heterocycles. The summed E-state index contributed by atoms with van der Waals surface area (Å²) >= 11 is 5.73. The van der Waals surface area contributed by atoms with Crippen LogP contribution >= 0.6 is 11.6 Å². The number of nitrogens with two attached hydrogens (primary N) is 1. The van der Waals surface area contributed by atoms with Crippen LogP contribution in [0.5, 0.6) is 0 Å². The van der Waals surface area contributed by atoms with Gasteiger partial charge in [-0.2, -0.15) is 0 Å². The first-order valence-electron chi connectivity index (χ1n) is 3.39. The Labute approximate surface area is 75.4 Å². The van der Waals surface area contributed by atoms with Crippen molar-refractivity contribution in [2.45, 2.75) is 6.92 Å². The number of oxime groups is 1. The van der Waals surface area contributed by atoms with E-state index >= 15 is 0 Å². The minimum Gasteiger partial charge on any atom is -0.409 e. The molecule has 0 atom stereocenters. The Morgan fingerprint density at radius 2 is 2.25 bits per heavy atom. The van der Waals surface area contributed by atoms with Crippen LogP contribution in [0.1, 0.15) is 11.1 Å². The van der Waals surface area contributed by atoms with Crippen LogP contribution in [-0.4, -0.2) is 11.0 Å². The first-order valence-corrected chi connectivity index (χ1v) is 3.77. The van der Waals surface area contributed by atoms with Crippen molar-refractivity contribution in [2.75, 3.05) is 0 Å². The number of halogens is 1. The smallest absolute Gasteiger partial charge is 0.170 e. The van der Waals surface area contributed by atoms with Crippen LogP contribution in [0.15, 0.2) is 23.4 Å². The Balaban J connectivity index is 3.23. The zero-order valence-corrected chi connectivity index (χ0v) is 7.34. The first-order chi connectivity index (χ1) is 5.65. The molecule has 0 aliphatic carbocycles. The molecule has 0 unspecified atom stereocenters. The molecule has 3 nitrogen and oxygen atoms in total. The van der Waals surface area contributed by atoms with Gasteiger partial charge in [0.15, 0.2) is 5.84 Å². The van der Waals surface area contributed by atoms with E-state index in [2.05, 4.69) is 5.16 Å². The largest absolute Gasteiger partial charge is 0.409 e. The minimum atomic E-state index is 0.0787. The summed E-state index contributed by atoms with van der Waals surface area (Å²) in [6.07, 6.45) is 0. The van der Waals surface area contributed by atoms with Crippen LogP contribution in [0.2, 0.25) is 5.02 Å². The maximum absolute atomic E-state index is 8.42. The fraction of sp³-hybridized carbons (Fsp3) is 0.125. The van der Waals surface area contributed by atoms with Gasteiger partial charge in [0.2, 0.25) is 0 Å². The molecule has 0 aliphatic rings. The molecule has 4 heteroatoms. The van der Waals surface area contributed by atoms with Crippen LogP contribution < -0.4 is 5.73 Å². The molecular weight excluding hydrogens is 176 g/mol. The summed E-state index contributed by atoms with van der Waals surface area (Å²) in [6.45, 7) is 1.86. The average molecular weight is 185 g/mol. The number of amidine groups is 1. The van der Waals surface area contributed by atoms with Crippen molar-refractivity contribution in [3.63, 3.8) is 0 Å². The number of hydrogen-bond acceptors (Lipinski definition) is 2. The van der Waals surface area contributed by atoms with Crippen molar-refractivity contribution in [3.05, 3.63) is 34.3 Å². The zero-order chi connectivity index (χ0) is 9.14. The minimum absolute atomic E-state index is 0.0787. The van der Waals surface area contributed by atoms with E-state index in [1.165, 1.54) is 0 Å². The average Bonchev–Trinajstić information content (AvgIpc) is 2.08. The predicted molar refractivity (Wildman–Crippen MR) is 48.7 cm³/mol. The van der Waals surface area contributed by atoms with E-state index in [9.17, 15) is 0 Å². The van der Waals surface area contributed by atoms with Gasteiger partial charge < -0.3 is 10.9 Å². The molecule has 0 bridgehead atoms. The van der Waals surface area contributed by atoms with Crippen molar-refractivity contribution in [1.82, 2.24) is 0 Å². The van der Waals surface area contributed by atoms with E-state index in [4.69, 9.17) is 22.5 Å². The van der Waals surface area contributed by atoms with Gasteiger partial charge in [-0.1, -0.05) is 22.8 Å². The molecule has 0 fully saturated rings. The van der Waals surface area contributed by atoms with E-state index < -0.39 is 0 Å². The van der Waals surface area contributed by atoms with Crippen molar-refractivity contribution in [3.8, 4) is 0 Å². The first kappa shape index (κ1) is 8.87. The lowest BCUT2D eigenvalue weighted by molar-refractivity contribution is 0.318. The Bertz CT molecular complexity index is 323. The molecular formula is C8H9ClN2O. The fourth-order valence-corrected chi connectivity index (χ4v) is 1.10. The second kappa shape index (κ2) is 3.45. The molecule has 0 spiro atoms. The zero-order valence-electron chi connectivity index (χ0n) is 6.58. The summed E-state index contributed by atoms with van der Waals surface area (Å²) in [7, 11) is 0. The molecule has 64 valence electrons. The maximum Gasteiger partial charge on any atom is 0.170 e. The van der Waals surface area contributed by atoms with Crippen LogP contribution in [0, 0.1) is 6.92 Å². The highest BCUT2D eigenvalue weighted by molar-refractivity contribution is 6.31. The van der Waals surface area contributed by atoms with Crippen LogP contribution in [0.3, 0.4) is 0 Å². The normalized spacial score (nSPS) is 11.7. The van der Waals surface area contributed by atoms with Gasteiger partial charge in [-0.15, -0.1) is 0 Å². The van der Waals surface area contributed by atoms with Gasteiger partial charge >= 0.3 is 0 Å². The van der Waals surface area contributed by atoms with Crippen LogP contribution in [-0.2, 0) is 0 Å². The summed E-state index contributed by atoms with van der Waals surface area (Å²) in [5.41, 5.74) is 6.99. The van der Waals surface area contributed by atoms with Gasteiger partial charge in [0.05, 0.1) is 0 Å². The number of benzene rings is 1. The lowest BCUT2D eigenvalue weighted by Gasteiger charge is -2.02. The quantitative estimate of drug-likeness (QED) is 0.302. The molecule has 12 heavy (non-hydrogen) atoms. The lowest BCUT2D eigenvalue weighted by Crippen LogP contribution is -2.14. The highest BCUT2D eigenvalue weighted by Gasteiger charge is 2.03. The Morgan fingerprint density at radius 1 is 1.58 bits per heavy atom. The second-order valence-corrected chi connectivity index (χ2v) is 2.88. The van der Waals surface area contributed by atoms with Crippen molar-refractivity contribution >= 4 is 17.4 Å². The van der Waals surface area contributed by atoms with Gasteiger partial charge in [-0.05, 0) is 24.6 Å². The second-order valence-electron chi connectivity index (χ2n) is 2.44. The Morgan fingerprint density at radius 3 is 2.83 bits per heavy atom. The highest BCUT2D eigenvalue weighted by Crippen LogP contribution is 2.14. The number of rotatable bonds is 1. The van der Waals surface area contributed by atoms with E-state index in [0.717, 1.165) is 5.56 Å². The molecule has 0 saturated carbocycles. The lowest BCUT2D eigenvalue weighted by atomic mass is 10.1. The molecule has 0 saturated heterocycles. The van der Waals surface area contributed by atoms with Crippen molar-refractivity contribution < 1.29 is 5.21 Å². The van der Waals surface area contributed by atoms with Crippen molar-refractivity contribution in [1.29, 1.82) is 0 Å². The molecule has 1 rings (SSSR count). The molecule has 1 aromatic carbocycles. The van der Waals surface area contributed by atoms with Crippen LogP contribution in [0.25, 0.3) is 0 Å². The summed E-state index contributed by atoms with van der Waals surface area (Å²) in [4.78, 5) is 0. The standard InChI is InChI=1S/C8H9ClN2O/c1-5-2-3-6(9)4-7(5)8(10)11-12/h2-4,12H,1H3,(H2,10,11).